The van der Waals surface area contributed by atoms with Gasteiger partial charge in [-0.1, -0.05) is 41.0 Å². The van der Waals surface area contributed by atoms with Gasteiger partial charge in [-0.25, -0.2) is 9.59 Å². The van der Waals surface area contributed by atoms with Crippen LogP contribution in [0, 0.1) is 23.7 Å². The third-order valence-corrected chi connectivity index (χ3v) is 7.75. The first-order valence-corrected chi connectivity index (χ1v) is 13.6. The average Bonchev–Trinajstić information content (AvgIpc) is 3.11. The highest BCUT2D eigenvalue weighted by atomic mass is 32.1. The van der Waals surface area contributed by atoms with Gasteiger partial charge in [0.2, 0.25) is 0 Å². The summed E-state index contributed by atoms with van der Waals surface area (Å²) in [6, 6.07) is 6.27. The Morgan fingerprint density at radius 3 is 2.39 bits per heavy atom. The van der Waals surface area contributed by atoms with Crippen LogP contribution in [0.4, 0.5) is 5.69 Å². The molecule has 0 bridgehead atoms. The highest BCUT2D eigenvalue weighted by Crippen LogP contribution is 2.40. The molecule has 7 nitrogen and oxygen atoms in total. The van der Waals surface area contributed by atoms with Gasteiger partial charge in [0, 0.05) is 5.69 Å². The van der Waals surface area contributed by atoms with Crippen molar-refractivity contribution < 1.29 is 23.8 Å². The van der Waals surface area contributed by atoms with Gasteiger partial charge in [0.15, 0.2) is 16.7 Å². The lowest BCUT2D eigenvalue weighted by molar-refractivity contribution is -0.168. The fraction of sp³-hybridized carbons (Fsp3) is 0.679. The molecule has 1 aromatic rings. The van der Waals surface area contributed by atoms with E-state index in [1.807, 2.05) is 26.0 Å². The number of hydrogen-bond acceptors (Lipinski definition) is 6. The van der Waals surface area contributed by atoms with Crippen molar-refractivity contribution in [3.63, 3.8) is 0 Å². The maximum Gasteiger partial charge on any atom is 0.334 e. The summed E-state index contributed by atoms with van der Waals surface area (Å²) in [4.78, 5) is 29.4. The SMILES string of the molecule is CCOC(=O)[C@@H]1N(c2ccc(OC)cc2)C(=S)N[C@]1(CC(C)C)C(=O)O[C@H]1C[C@@H](C)CC[C@@H]1C(C)C. The van der Waals surface area contributed by atoms with Gasteiger partial charge in [0.1, 0.15) is 11.9 Å². The number of carbonyl (C=O) groups excluding carboxylic acids is 2. The van der Waals surface area contributed by atoms with Crippen molar-refractivity contribution in [3.05, 3.63) is 24.3 Å². The fourth-order valence-corrected chi connectivity index (χ4v) is 6.13. The van der Waals surface area contributed by atoms with E-state index in [2.05, 4.69) is 26.1 Å². The summed E-state index contributed by atoms with van der Waals surface area (Å²) in [5, 5.41) is 3.56. The van der Waals surface area contributed by atoms with Gasteiger partial charge in [-0.2, -0.15) is 0 Å². The third kappa shape index (κ3) is 5.79. The van der Waals surface area contributed by atoms with Crippen LogP contribution < -0.4 is 15.0 Å². The lowest BCUT2D eigenvalue weighted by Gasteiger charge is -2.40. The Hall–Kier alpha value is -2.35. The molecule has 2 fully saturated rings. The summed E-state index contributed by atoms with van der Waals surface area (Å²) in [5.74, 6) is 0.996. The number of rotatable bonds is 9. The molecule has 1 N–H and O–H groups in total. The summed E-state index contributed by atoms with van der Waals surface area (Å²) < 4.78 is 17.1. The van der Waals surface area contributed by atoms with Gasteiger partial charge in [-0.3, -0.25) is 0 Å². The standard InChI is InChI=1S/C28H42N2O5S/c1-8-34-25(31)24-28(16-17(2)3,26(32)35-23-15-19(6)9-14-22(23)18(4)5)29-27(36)30(24)20-10-12-21(33-7)13-11-20/h10-13,17-19,22-24H,8-9,14-16H2,1-7H3,(H,29,36)/t19-,22+,23-,24-,28-/m0/s1. The number of hydrogen-bond donors (Lipinski definition) is 1. The minimum Gasteiger partial charge on any atom is -0.497 e. The zero-order valence-corrected chi connectivity index (χ0v) is 23.5. The van der Waals surface area contributed by atoms with Crippen LogP contribution in [0.2, 0.25) is 0 Å². The number of anilines is 1. The maximum absolute atomic E-state index is 14.2. The van der Waals surface area contributed by atoms with E-state index in [0.29, 0.717) is 34.8 Å². The van der Waals surface area contributed by atoms with Gasteiger partial charge in [-0.05, 0) is 86.3 Å². The first kappa shape index (κ1) is 28.2. The number of thiocarbonyl (C=S) groups is 1. The van der Waals surface area contributed by atoms with Crippen molar-refractivity contribution in [2.24, 2.45) is 23.7 Å². The molecule has 1 aliphatic heterocycles. The van der Waals surface area contributed by atoms with Gasteiger partial charge in [0.25, 0.3) is 0 Å². The Balaban J connectivity index is 2.05. The number of carbonyl (C=O) groups is 2. The maximum atomic E-state index is 14.2. The Kier molecular flexibility index (Phi) is 9.25. The quantitative estimate of drug-likeness (QED) is 0.357. The molecule has 0 unspecified atom stereocenters. The van der Waals surface area contributed by atoms with Crippen LogP contribution in [0.1, 0.15) is 67.2 Å². The van der Waals surface area contributed by atoms with Crippen LogP contribution in [0.15, 0.2) is 24.3 Å². The molecular weight excluding hydrogens is 476 g/mol. The van der Waals surface area contributed by atoms with Crippen molar-refractivity contribution in [2.45, 2.75) is 84.9 Å². The normalized spacial score (nSPS) is 28.2. The minimum atomic E-state index is -1.36. The van der Waals surface area contributed by atoms with Crippen molar-refractivity contribution in [1.82, 2.24) is 5.32 Å². The zero-order valence-electron chi connectivity index (χ0n) is 22.7. The third-order valence-electron chi connectivity index (χ3n) is 7.45. The first-order valence-electron chi connectivity index (χ1n) is 13.2. The Morgan fingerprint density at radius 2 is 1.83 bits per heavy atom. The Morgan fingerprint density at radius 1 is 1.17 bits per heavy atom. The van der Waals surface area contributed by atoms with E-state index in [-0.39, 0.29) is 24.5 Å². The summed E-state index contributed by atoms with van der Waals surface area (Å²) in [6.45, 7) is 12.6. The second-order valence-electron chi connectivity index (χ2n) is 11.0. The summed E-state index contributed by atoms with van der Waals surface area (Å²) >= 11 is 5.74. The molecule has 8 heteroatoms. The van der Waals surface area contributed by atoms with Crippen LogP contribution in [-0.2, 0) is 19.1 Å². The number of nitrogens with zero attached hydrogens (tertiary/aromatic N) is 1. The number of esters is 2. The second kappa shape index (κ2) is 11.8. The molecule has 1 aliphatic carbocycles. The summed E-state index contributed by atoms with van der Waals surface area (Å²) in [7, 11) is 1.60. The van der Waals surface area contributed by atoms with Gasteiger partial charge < -0.3 is 24.4 Å². The molecule has 1 heterocycles. The molecule has 0 radical (unpaired) electrons. The molecule has 0 amide bonds. The molecule has 0 aromatic heterocycles. The lowest BCUT2D eigenvalue weighted by atomic mass is 9.75. The second-order valence-corrected chi connectivity index (χ2v) is 11.4. The number of ether oxygens (including phenoxy) is 3. The van der Waals surface area contributed by atoms with Crippen LogP contribution in [0.3, 0.4) is 0 Å². The van der Waals surface area contributed by atoms with Crippen molar-refractivity contribution in [1.29, 1.82) is 0 Å². The molecule has 1 aromatic carbocycles. The van der Waals surface area contributed by atoms with E-state index in [1.54, 1.807) is 31.1 Å². The molecular formula is C28H42N2O5S. The molecule has 0 spiro atoms. The van der Waals surface area contributed by atoms with E-state index < -0.39 is 23.5 Å². The molecule has 2 aliphatic rings. The number of benzene rings is 1. The van der Waals surface area contributed by atoms with Gasteiger partial charge >= 0.3 is 11.9 Å². The Labute approximate surface area is 221 Å². The van der Waals surface area contributed by atoms with Crippen molar-refractivity contribution in [3.8, 4) is 5.75 Å². The van der Waals surface area contributed by atoms with Gasteiger partial charge in [0.05, 0.1) is 13.7 Å². The predicted molar refractivity (Wildman–Crippen MR) is 145 cm³/mol. The van der Waals surface area contributed by atoms with Gasteiger partial charge in [-0.15, -0.1) is 0 Å². The monoisotopic (exact) mass is 518 g/mol. The van der Waals surface area contributed by atoms with Crippen LogP contribution in [-0.4, -0.2) is 48.5 Å². The highest BCUT2D eigenvalue weighted by Gasteiger charge is 2.61. The largest absolute Gasteiger partial charge is 0.497 e. The van der Waals surface area contributed by atoms with E-state index in [9.17, 15) is 9.59 Å². The lowest BCUT2D eigenvalue weighted by Crippen LogP contribution is -2.62. The highest BCUT2D eigenvalue weighted by molar-refractivity contribution is 7.80. The van der Waals surface area contributed by atoms with Crippen molar-refractivity contribution >= 4 is 35.0 Å². The van der Waals surface area contributed by atoms with Crippen LogP contribution in [0.5, 0.6) is 5.75 Å². The van der Waals surface area contributed by atoms with E-state index >= 15 is 0 Å². The summed E-state index contributed by atoms with van der Waals surface area (Å²) in [6.07, 6.45) is 3.16. The minimum absolute atomic E-state index is 0.0896. The van der Waals surface area contributed by atoms with E-state index in [0.717, 1.165) is 19.3 Å². The van der Waals surface area contributed by atoms with E-state index in [4.69, 9.17) is 26.4 Å². The average molecular weight is 519 g/mol. The summed E-state index contributed by atoms with van der Waals surface area (Å²) in [5.41, 5.74) is -0.684. The molecule has 1 saturated carbocycles. The molecule has 36 heavy (non-hydrogen) atoms. The number of methoxy groups -OCH3 is 1. The smallest absolute Gasteiger partial charge is 0.334 e. The predicted octanol–water partition coefficient (Wildman–Crippen LogP) is 5.11. The molecule has 5 atom stereocenters. The molecule has 200 valence electrons. The topological polar surface area (TPSA) is 77.1 Å². The van der Waals surface area contributed by atoms with Crippen LogP contribution in [0.25, 0.3) is 0 Å². The first-order chi connectivity index (χ1) is 17.0. The van der Waals surface area contributed by atoms with Crippen molar-refractivity contribution in [2.75, 3.05) is 18.6 Å². The molecule has 1 saturated heterocycles. The number of nitrogens with one attached hydrogen (secondary N) is 1. The Bertz CT molecular complexity index is 934. The van der Waals surface area contributed by atoms with E-state index in [1.165, 1.54) is 0 Å². The fourth-order valence-electron chi connectivity index (χ4n) is 5.74. The zero-order chi connectivity index (χ0) is 26.6. The van der Waals surface area contributed by atoms with Crippen LogP contribution >= 0.6 is 12.2 Å². The molecule has 3 rings (SSSR count).